The fourth-order valence-electron chi connectivity index (χ4n) is 3.16. The Hall–Kier alpha value is -1.77. The van der Waals surface area contributed by atoms with Crippen molar-refractivity contribution in [1.29, 1.82) is 0 Å². The van der Waals surface area contributed by atoms with Gasteiger partial charge < -0.3 is 5.73 Å². The molecular weight excluding hydrogens is 246 g/mol. The number of nitrogens with two attached hydrogens (primary N) is 1. The number of benzene rings is 1. The third-order valence-corrected chi connectivity index (χ3v) is 4.40. The molecule has 1 saturated carbocycles. The number of anilines is 1. The van der Waals surface area contributed by atoms with Crippen molar-refractivity contribution in [2.24, 2.45) is 5.92 Å². The Morgan fingerprint density at radius 3 is 2.35 bits per heavy atom. The second kappa shape index (κ2) is 4.65. The van der Waals surface area contributed by atoms with Crippen LogP contribution in [0.1, 0.15) is 42.5 Å². The maximum atomic E-state index is 6.22. The Labute approximate surface area is 120 Å². The first-order chi connectivity index (χ1) is 9.47. The first-order valence-corrected chi connectivity index (χ1v) is 7.40. The maximum Gasteiger partial charge on any atom is 0.116 e. The molecule has 1 aliphatic rings. The van der Waals surface area contributed by atoms with Crippen LogP contribution in [0.15, 0.2) is 18.3 Å². The van der Waals surface area contributed by atoms with Crippen LogP contribution in [0.4, 0.5) is 5.69 Å². The third-order valence-electron chi connectivity index (χ3n) is 4.40. The van der Waals surface area contributed by atoms with Gasteiger partial charge in [-0.2, -0.15) is 5.10 Å². The summed E-state index contributed by atoms with van der Waals surface area (Å²) < 4.78 is 2.06. The van der Waals surface area contributed by atoms with Gasteiger partial charge in [-0.05, 0) is 57.6 Å². The average molecular weight is 269 g/mol. The molecule has 106 valence electrons. The van der Waals surface area contributed by atoms with E-state index in [9.17, 15) is 0 Å². The van der Waals surface area contributed by atoms with Crippen molar-refractivity contribution in [2.75, 3.05) is 5.73 Å². The Morgan fingerprint density at radius 1 is 1.20 bits per heavy atom. The molecule has 1 unspecified atom stereocenters. The summed E-state index contributed by atoms with van der Waals surface area (Å²) in [6.07, 6.45) is 4.63. The van der Waals surface area contributed by atoms with Gasteiger partial charge >= 0.3 is 0 Å². The number of hydrogen-bond acceptors (Lipinski definition) is 2. The van der Waals surface area contributed by atoms with E-state index in [1.165, 1.54) is 35.1 Å². The van der Waals surface area contributed by atoms with Crippen molar-refractivity contribution in [3.8, 4) is 11.3 Å². The number of nitrogens with zero attached hydrogens (tertiary/aromatic N) is 2. The topological polar surface area (TPSA) is 43.8 Å². The number of aromatic nitrogens is 2. The smallest absolute Gasteiger partial charge is 0.116 e. The molecule has 3 rings (SSSR count). The molecule has 0 bridgehead atoms. The molecule has 2 N–H and O–H groups in total. The van der Waals surface area contributed by atoms with Gasteiger partial charge in [0.05, 0.1) is 11.7 Å². The highest BCUT2D eigenvalue weighted by Gasteiger charge is 2.30. The first kappa shape index (κ1) is 13.2. The molecule has 1 aromatic carbocycles. The van der Waals surface area contributed by atoms with Crippen molar-refractivity contribution in [1.82, 2.24) is 9.78 Å². The van der Waals surface area contributed by atoms with E-state index >= 15 is 0 Å². The minimum absolute atomic E-state index is 0.456. The van der Waals surface area contributed by atoms with Crippen molar-refractivity contribution >= 4 is 5.69 Å². The van der Waals surface area contributed by atoms with Crippen LogP contribution >= 0.6 is 0 Å². The van der Waals surface area contributed by atoms with Gasteiger partial charge in [-0.1, -0.05) is 17.7 Å². The minimum atomic E-state index is 0.456. The molecular formula is C17H23N3. The van der Waals surface area contributed by atoms with Crippen LogP contribution in [0.25, 0.3) is 11.3 Å². The molecule has 1 heterocycles. The monoisotopic (exact) mass is 269 g/mol. The van der Waals surface area contributed by atoms with Gasteiger partial charge in [-0.25, -0.2) is 0 Å². The second-order valence-corrected chi connectivity index (χ2v) is 6.26. The Bertz CT molecular complexity index is 627. The summed E-state index contributed by atoms with van der Waals surface area (Å²) in [6.45, 7) is 8.64. The molecule has 3 heteroatoms. The standard InChI is InChI=1S/C17H23N3/c1-10-7-11(2)16(12(3)8-10)17-15(18)9-20(19-17)13(4)14-5-6-14/h7-9,13-14H,5-6,18H2,1-4H3. The maximum absolute atomic E-state index is 6.22. The van der Waals surface area contributed by atoms with Gasteiger partial charge in [0, 0.05) is 11.8 Å². The quantitative estimate of drug-likeness (QED) is 0.914. The zero-order chi connectivity index (χ0) is 14.4. The van der Waals surface area contributed by atoms with E-state index in [-0.39, 0.29) is 0 Å². The molecule has 2 aromatic rings. The van der Waals surface area contributed by atoms with Gasteiger partial charge in [0.1, 0.15) is 5.69 Å². The van der Waals surface area contributed by atoms with E-state index in [1.54, 1.807) is 0 Å². The van der Waals surface area contributed by atoms with E-state index in [1.807, 2.05) is 6.20 Å². The van der Waals surface area contributed by atoms with Gasteiger partial charge in [-0.3, -0.25) is 4.68 Å². The Balaban J connectivity index is 2.06. The summed E-state index contributed by atoms with van der Waals surface area (Å²) in [4.78, 5) is 0. The van der Waals surface area contributed by atoms with Crippen LogP contribution in [-0.4, -0.2) is 9.78 Å². The van der Waals surface area contributed by atoms with Crippen molar-refractivity contribution < 1.29 is 0 Å². The fourth-order valence-corrected chi connectivity index (χ4v) is 3.16. The average Bonchev–Trinajstić information content (AvgIpc) is 3.13. The number of nitrogen functional groups attached to an aromatic ring is 1. The molecule has 1 aromatic heterocycles. The van der Waals surface area contributed by atoms with E-state index in [0.717, 1.165) is 17.3 Å². The molecule has 1 atom stereocenters. The van der Waals surface area contributed by atoms with Crippen LogP contribution in [0, 0.1) is 26.7 Å². The van der Waals surface area contributed by atoms with Gasteiger partial charge in [0.2, 0.25) is 0 Å². The largest absolute Gasteiger partial charge is 0.396 e. The molecule has 3 nitrogen and oxygen atoms in total. The molecule has 0 radical (unpaired) electrons. The summed E-state index contributed by atoms with van der Waals surface area (Å²) in [5, 5.41) is 4.78. The lowest BCUT2D eigenvalue weighted by atomic mass is 9.97. The highest BCUT2D eigenvalue weighted by molar-refractivity contribution is 5.77. The van der Waals surface area contributed by atoms with Crippen molar-refractivity contribution in [2.45, 2.75) is 46.6 Å². The molecule has 0 aliphatic heterocycles. The predicted molar refractivity (Wildman–Crippen MR) is 83.7 cm³/mol. The molecule has 0 spiro atoms. The highest BCUT2D eigenvalue weighted by Crippen LogP contribution is 2.40. The molecule has 0 amide bonds. The number of aryl methyl sites for hydroxylation is 3. The van der Waals surface area contributed by atoms with Gasteiger partial charge in [0.15, 0.2) is 0 Å². The van der Waals surface area contributed by atoms with E-state index in [0.29, 0.717) is 6.04 Å². The Morgan fingerprint density at radius 2 is 1.80 bits per heavy atom. The zero-order valence-corrected chi connectivity index (χ0v) is 12.8. The molecule has 20 heavy (non-hydrogen) atoms. The zero-order valence-electron chi connectivity index (χ0n) is 12.8. The van der Waals surface area contributed by atoms with Gasteiger partial charge in [0.25, 0.3) is 0 Å². The van der Waals surface area contributed by atoms with Gasteiger partial charge in [-0.15, -0.1) is 0 Å². The second-order valence-electron chi connectivity index (χ2n) is 6.26. The minimum Gasteiger partial charge on any atom is -0.396 e. The normalized spacial score (nSPS) is 16.4. The summed E-state index contributed by atoms with van der Waals surface area (Å²) >= 11 is 0. The SMILES string of the molecule is Cc1cc(C)c(-c2nn(C(C)C3CC3)cc2N)c(C)c1. The number of rotatable bonds is 3. The molecule has 0 saturated heterocycles. The van der Waals surface area contributed by atoms with Crippen LogP contribution < -0.4 is 5.73 Å². The summed E-state index contributed by atoms with van der Waals surface area (Å²) in [5.41, 5.74) is 12.9. The van der Waals surface area contributed by atoms with Crippen LogP contribution in [0.3, 0.4) is 0 Å². The van der Waals surface area contributed by atoms with Crippen molar-refractivity contribution in [3.05, 3.63) is 35.0 Å². The predicted octanol–water partition coefficient (Wildman–Crippen LogP) is 4.03. The summed E-state index contributed by atoms with van der Waals surface area (Å²) in [7, 11) is 0. The summed E-state index contributed by atoms with van der Waals surface area (Å²) in [5.74, 6) is 0.780. The van der Waals surface area contributed by atoms with Crippen LogP contribution in [0.5, 0.6) is 0 Å². The van der Waals surface area contributed by atoms with Crippen LogP contribution in [-0.2, 0) is 0 Å². The fraction of sp³-hybridized carbons (Fsp3) is 0.471. The third kappa shape index (κ3) is 2.21. The summed E-state index contributed by atoms with van der Waals surface area (Å²) in [6, 6.07) is 4.85. The van der Waals surface area contributed by atoms with Crippen molar-refractivity contribution in [3.63, 3.8) is 0 Å². The lowest BCUT2D eigenvalue weighted by Crippen LogP contribution is -2.07. The molecule has 1 aliphatic carbocycles. The Kier molecular flexibility index (Phi) is 3.08. The van der Waals surface area contributed by atoms with E-state index in [2.05, 4.69) is 44.5 Å². The lowest BCUT2D eigenvalue weighted by Gasteiger charge is -2.11. The van der Waals surface area contributed by atoms with E-state index < -0.39 is 0 Å². The number of hydrogen-bond donors (Lipinski definition) is 1. The lowest BCUT2D eigenvalue weighted by molar-refractivity contribution is 0.441. The van der Waals surface area contributed by atoms with E-state index in [4.69, 9.17) is 10.8 Å². The van der Waals surface area contributed by atoms with Crippen LogP contribution in [0.2, 0.25) is 0 Å². The molecule has 1 fully saturated rings. The first-order valence-electron chi connectivity index (χ1n) is 7.40. The highest BCUT2D eigenvalue weighted by atomic mass is 15.3.